The maximum atomic E-state index is 3.58. The normalized spacial score (nSPS) is 20.6. The van der Waals surface area contributed by atoms with Crippen molar-refractivity contribution in [3.8, 4) is 0 Å². The molecule has 1 unspecified atom stereocenters. The minimum Gasteiger partial charge on any atom is -0.315 e. The van der Waals surface area contributed by atoms with Gasteiger partial charge < -0.3 is 5.32 Å². The molecule has 1 fully saturated rings. The number of rotatable bonds is 8. The molecule has 102 valence electrons. The number of hydrogen-bond donors (Lipinski definition) is 1. The van der Waals surface area contributed by atoms with E-state index in [0.29, 0.717) is 0 Å². The third kappa shape index (κ3) is 5.39. The zero-order chi connectivity index (χ0) is 12.5. The van der Waals surface area contributed by atoms with Gasteiger partial charge in [0.05, 0.1) is 0 Å². The van der Waals surface area contributed by atoms with E-state index in [1.807, 2.05) is 0 Å². The van der Waals surface area contributed by atoms with Crippen LogP contribution in [0.25, 0.3) is 0 Å². The van der Waals surface area contributed by atoms with Crippen molar-refractivity contribution in [3.63, 3.8) is 0 Å². The largest absolute Gasteiger partial charge is 0.315 e. The second-order valence-electron chi connectivity index (χ2n) is 5.53. The van der Waals surface area contributed by atoms with E-state index in [-0.39, 0.29) is 0 Å². The molecule has 1 saturated heterocycles. The van der Waals surface area contributed by atoms with Crippen LogP contribution < -0.4 is 5.32 Å². The first-order valence-corrected chi connectivity index (χ1v) is 7.76. The van der Waals surface area contributed by atoms with E-state index in [2.05, 4.69) is 31.0 Å². The fraction of sp³-hybridized carbons (Fsp3) is 1.00. The van der Waals surface area contributed by atoms with Gasteiger partial charge >= 0.3 is 0 Å². The Labute approximate surface area is 108 Å². The highest BCUT2D eigenvalue weighted by Crippen LogP contribution is 2.23. The zero-order valence-corrected chi connectivity index (χ0v) is 12.2. The lowest BCUT2D eigenvalue weighted by Gasteiger charge is -2.37. The summed E-state index contributed by atoms with van der Waals surface area (Å²) in [6.45, 7) is 11.9. The van der Waals surface area contributed by atoms with Crippen LogP contribution in [0.15, 0.2) is 0 Å². The van der Waals surface area contributed by atoms with E-state index in [0.717, 1.165) is 12.0 Å². The fourth-order valence-electron chi connectivity index (χ4n) is 2.99. The highest BCUT2D eigenvalue weighted by Gasteiger charge is 2.23. The summed E-state index contributed by atoms with van der Waals surface area (Å²) in [5.74, 6) is 1.01. The van der Waals surface area contributed by atoms with Crippen LogP contribution in [0.3, 0.4) is 0 Å². The van der Waals surface area contributed by atoms with Crippen LogP contribution in [-0.2, 0) is 0 Å². The summed E-state index contributed by atoms with van der Waals surface area (Å²) in [5, 5.41) is 3.58. The summed E-state index contributed by atoms with van der Waals surface area (Å²) in [6, 6.07) is 0.768. The average Bonchev–Trinajstić information content (AvgIpc) is 2.36. The van der Waals surface area contributed by atoms with E-state index >= 15 is 0 Å². The number of hydrogen-bond acceptors (Lipinski definition) is 2. The van der Waals surface area contributed by atoms with Crippen molar-refractivity contribution in [2.45, 2.75) is 65.3 Å². The molecule has 0 spiro atoms. The monoisotopic (exact) mass is 240 g/mol. The number of piperidine rings is 1. The van der Waals surface area contributed by atoms with E-state index in [1.165, 1.54) is 64.7 Å². The Bertz CT molecular complexity index is 174. The van der Waals surface area contributed by atoms with Gasteiger partial charge in [-0.05, 0) is 51.2 Å². The molecular formula is C15H32N2. The Balaban J connectivity index is 2.24. The lowest BCUT2D eigenvalue weighted by atomic mass is 9.91. The average molecular weight is 240 g/mol. The third-order valence-electron chi connectivity index (χ3n) is 4.14. The van der Waals surface area contributed by atoms with Crippen LogP contribution >= 0.6 is 0 Å². The standard InChI is InChI=1S/C15H32N2/c1-4-7-14-8-11-17(12-9-14)15(6-3)13-16-10-5-2/h14-16H,4-13H2,1-3H3. The van der Waals surface area contributed by atoms with Crippen LogP contribution in [0.2, 0.25) is 0 Å². The van der Waals surface area contributed by atoms with Gasteiger partial charge in [-0.3, -0.25) is 4.90 Å². The summed E-state index contributed by atoms with van der Waals surface area (Å²) in [4.78, 5) is 2.72. The Kier molecular flexibility index (Phi) is 7.87. The van der Waals surface area contributed by atoms with Crippen molar-refractivity contribution < 1.29 is 0 Å². The second-order valence-corrected chi connectivity index (χ2v) is 5.53. The van der Waals surface area contributed by atoms with Crippen molar-refractivity contribution in [1.29, 1.82) is 0 Å². The van der Waals surface area contributed by atoms with E-state index in [9.17, 15) is 0 Å². The van der Waals surface area contributed by atoms with Crippen molar-refractivity contribution in [2.24, 2.45) is 5.92 Å². The van der Waals surface area contributed by atoms with Gasteiger partial charge in [-0.15, -0.1) is 0 Å². The first kappa shape index (κ1) is 15.0. The molecule has 0 amide bonds. The lowest BCUT2D eigenvalue weighted by Crippen LogP contribution is -2.46. The molecule has 0 aromatic rings. The van der Waals surface area contributed by atoms with Crippen LogP contribution in [-0.4, -0.2) is 37.1 Å². The van der Waals surface area contributed by atoms with Crippen LogP contribution in [0.5, 0.6) is 0 Å². The van der Waals surface area contributed by atoms with Crippen LogP contribution in [0, 0.1) is 5.92 Å². The topological polar surface area (TPSA) is 15.3 Å². The Morgan fingerprint density at radius 3 is 2.35 bits per heavy atom. The zero-order valence-electron chi connectivity index (χ0n) is 12.2. The minimum absolute atomic E-state index is 0.768. The van der Waals surface area contributed by atoms with Gasteiger partial charge in [0.2, 0.25) is 0 Å². The SMILES string of the molecule is CCCNCC(CC)N1CCC(CCC)CC1. The fourth-order valence-corrected chi connectivity index (χ4v) is 2.99. The van der Waals surface area contributed by atoms with Gasteiger partial charge in [-0.25, -0.2) is 0 Å². The predicted molar refractivity (Wildman–Crippen MR) is 76.4 cm³/mol. The molecule has 0 saturated carbocycles. The highest BCUT2D eigenvalue weighted by molar-refractivity contribution is 4.79. The van der Waals surface area contributed by atoms with Gasteiger partial charge in [0.25, 0.3) is 0 Å². The van der Waals surface area contributed by atoms with Crippen molar-refractivity contribution in [1.82, 2.24) is 10.2 Å². The molecule has 1 atom stereocenters. The molecule has 1 N–H and O–H groups in total. The van der Waals surface area contributed by atoms with Gasteiger partial charge in [-0.2, -0.15) is 0 Å². The maximum Gasteiger partial charge on any atom is 0.0218 e. The summed E-state index contributed by atoms with van der Waals surface area (Å²) in [6.07, 6.45) is 8.19. The molecule has 1 rings (SSSR count). The summed E-state index contributed by atoms with van der Waals surface area (Å²) < 4.78 is 0. The number of nitrogens with zero attached hydrogens (tertiary/aromatic N) is 1. The predicted octanol–water partition coefficient (Wildman–Crippen LogP) is 3.28. The molecule has 1 aliphatic heterocycles. The summed E-state index contributed by atoms with van der Waals surface area (Å²) in [5.41, 5.74) is 0. The highest BCUT2D eigenvalue weighted by atomic mass is 15.2. The molecule has 0 aromatic heterocycles. The van der Waals surface area contributed by atoms with E-state index in [4.69, 9.17) is 0 Å². The maximum absolute atomic E-state index is 3.58. The second kappa shape index (κ2) is 8.93. The van der Waals surface area contributed by atoms with Gasteiger partial charge in [0, 0.05) is 12.6 Å². The first-order chi connectivity index (χ1) is 8.31. The molecule has 0 radical (unpaired) electrons. The lowest BCUT2D eigenvalue weighted by molar-refractivity contribution is 0.124. The number of likely N-dealkylation sites (tertiary alicyclic amines) is 1. The molecular weight excluding hydrogens is 208 g/mol. The van der Waals surface area contributed by atoms with Gasteiger partial charge in [0.1, 0.15) is 0 Å². The third-order valence-corrected chi connectivity index (χ3v) is 4.14. The smallest absolute Gasteiger partial charge is 0.0218 e. The van der Waals surface area contributed by atoms with E-state index < -0.39 is 0 Å². The molecule has 0 bridgehead atoms. The summed E-state index contributed by atoms with van der Waals surface area (Å²) in [7, 11) is 0. The van der Waals surface area contributed by atoms with Gasteiger partial charge in [0.15, 0.2) is 0 Å². The van der Waals surface area contributed by atoms with Crippen LogP contribution in [0.1, 0.15) is 59.3 Å². The minimum atomic E-state index is 0.768. The molecule has 1 aliphatic rings. The Morgan fingerprint density at radius 2 is 1.82 bits per heavy atom. The van der Waals surface area contributed by atoms with Crippen molar-refractivity contribution in [2.75, 3.05) is 26.2 Å². The Morgan fingerprint density at radius 1 is 1.12 bits per heavy atom. The molecule has 0 aliphatic carbocycles. The molecule has 0 aromatic carbocycles. The molecule has 2 heteroatoms. The van der Waals surface area contributed by atoms with Crippen LogP contribution in [0.4, 0.5) is 0 Å². The summed E-state index contributed by atoms with van der Waals surface area (Å²) >= 11 is 0. The molecule has 1 heterocycles. The first-order valence-electron chi connectivity index (χ1n) is 7.76. The molecule has 2 nitrogen and oxygen atoms in total. The molecule has 17 heavy (non-hydrogen) atoms. The van der Waals surface area contributed by atoms with Crippen molar-refractivity contribution >= 4 is 0 Å². The van der Waals surface area contributed by atoms with Crippen molar-refractivity contribution in [3.05, 3.63) is 0 Å². The van der Waals surface area contributed by atoms with Gasteiger partial charge in [-0.1, -0.05) is 33.6 Å². The number of nitrogens with one attached hydrogen (secondary N) is 1. The quantitative estimate of drug-likeness (QED) is 0.655. The Hall–Kier alpha value is -0.0800. The van der Waals surface area contributed by atoms with E-state index in [1.54, 1.807) is 0 Å².